The molecule has 1 saturated heterocycles. The fourth-order valence-corrected chi connectivity index (χ4v) is 3.03. The first-order valence-corrected chi connectivity index (χ1v) is 8.87. The highest BCUT2D eigenvalue weighted by atomic mass is 19.1. The number of amides is 2. The number of carbonyl (C=O) groups excluding carboxylic acids is 2. The monoisotopic (exact) mass is 371 g/mol. The fourth-order valence-electron chi connectivity index (χ4n) is 3.03. The van der Waals surface area contributed by atoms with Gasteiger partial charge in [0, 0.05) is 18.7 Å². The van der Waals surface area contributed by atoms with Crippen molar-refractivity contribution in [3.8, 4) is 5.75 Å². The summed E-state index contributed by atoms with van der Waals surface area (Å²) in [6.07, 6.45) is 0.749. The molecule has 2 aromatic rings. The molecule has 1 unspecified atom stereocenters. The van der Waals surface area contributed by atoms with Crippen LogP contribution in [-0.4, -0.2) is 43.0 Å². The van der Waals surface area contributed by atoms with Gasteiger partial charge in [0.2, 0.25) is 5.91 Å². The van der Waals surface area contributed by atoms with E-state index in [0.29, 0.717) is 43.1 Å². The molecule has 7 heteroatoms. The second-order valence-corrected chi connectivity index (χ2v) is 6.26. The van der Waals surface area contributed by atoms with Crippen LogP contribution in [0.4, 0.5) is 4.39 Å². The van der Waals surface area contributed by atoms with Crippen LogP contribution in [0.25, 0.3) is 0 Å². The van der Waals surface area contributed by atoms with Gasteiger partial charge in [0.05, 0.1) is 6.61 Å². The maximum atomic E-state index is 13.6. The van der Waals surface area contributed by atoms with E-state index in [1.54, 1.807) is 30.3 Å². The number of nitrogens with zero attached hydrogens (tertiary/aromatic N) is 1. The lowest BCUT2D eigenvalue weighted by Crippen LogP contribution is -2.52. The second-order valence-electron chi connectivity index (χ2n) is 6.26. The first kappa shape index (κ1) is 18.8. The smallest absolute Gasteiger partial charge is 0.254 e. The molecule has 0 radical (unpaired) electrons. The topological polar surface area (TPSA) is 84.7 Å². The van der Waals surface area contributed by atoms with Crippen LogP contribution < -0.4 is 15.8 Å². The molecule has 0 spiro atoms. The third kappa shape index (κ3) is 4.43. The number of benzene rings is 2. The molecule has 1 aliphatic heterocycles. The van der Waals surface area contributed by atoms with Gasteiger partial charge in [-0.2, -0.15) is 0 Å². The number of nitrogens with two attached hydrogens (primary N) is 1. The van der Waals surface area contributed by atoms with Crippen LogP contribution in [0.2, 0.25) is 0 Å². The molecule has 2 amide bonds. The summed E-state index contributed by atoms with van der Waals surface area (Å²) < 4.78 is 19.2. The van der Waals surface area contributed by atoms with E-state index >= 15 is 0 Å². The summed E-state index contributed by atoms with van der Waals surface area (Å²) >= 11 is 0. The summed E-state index contributed by atoms with van der Waals surface area (Å²) in [6.45, 7) is 1.77. The molecule has 0 saturated carbocycles. The number of hydrogen-bond acceptors (Lipinski definition) is 4. The number of ether oxygens (including phenoxy) is 1. The summed E-state index contributed by atoms with van der Waals surface area (Å²) in [7, 11) is 0. The fraction of sp³-hybridized carbons (Fsp3) is 0.300. The molecule has 142 valence electrons. The van der Waals surface area contributed by atoms with Gasteiger partial charge < -0.3 is 20.7 Å². The first-order chi connectivity index (χ1) is 13.1. The summed E-state index contributed by atoms with van der Waals surface area (Å²) in [6, 6.07) is 11.7. The molecule has 1 aliphatic rings. The van der Waals surface area contributed by atoms with E-state index in [4.69, 9.17) is 10.5 Å². The minimum atomic E-state index is -0.859. The third-order valence-electron chi connectivity index (χ3n) is 4.36. The molecule has 3 N–H and O–H groups in total. The Morgan fingerprint density at radius 1 is 1.26 bits per heavy atom. The van der Waals surface area contributed by atoms with E-state index < -0.39 is 11.9 Å². The molecule has 0 bridgehead atoms. The van der Waals surface area contributed by atoms with Crippen molar-refractivity contribution in [1.82, 2.24) is 10.2 Å². The normalized spacial score (nSPS) is 16.7. The van der Waals surface area contributed by atoms with E-state index in [9.17, 15) is 14.0 Å². The highest BCUT2D eigenvalue weighted by molar-refractivity contribution is 5.98. The Morgan fingerprint density at radius 3 is 2.74 bits per heavy atom. The molecule has 0 aliphatic carbocycles. The van der Waals surface area contributed by atoms with Crippen LogP contribution in [0.3, 0.4) is 0 Å². The van der Waals surface area contributed by atoms with Crippen molar-refractivity contribution in [1.29, 1.82) is 0 Å². The zero-order valence-corrected chi connectivity index (χ0v) is 14.9. The highest BCUT2D eigenvalue weighted by Crippen LogP contribution is 2.26. The zero-order chi connectivity index (χ0) is 19.2. The number of halogens is 1. The van der Waals surface area contributed by atoms with Gasteiger partial charge in [-0.15, -0.1) is 0 Å². The first-order valence-electron chi connectivity index (χ1n) is 8.87. The summed E-state index contributed by atoms with van der Waals surface area (Å²) in [5, 5.41) is 2.74. The SMILES string of the molecule is NCCCOc1ccc(C(=O)N2CCNC(=O)C2c2cccc(F)c2)cc1. The molecular formula is C20H22FN3O3. The lowest BCUT2D eigenvalue weighted by molar-refractivity contribution is -0.128. The van der Waals surface area contributed by atoms with Gasteiger partial charge in [0.25, 0.3) is 5.91 Å². The van der Waals surface area contributed by atoms with Crippen LogP contribution in [-0.2, 0) is 4.79 Å². The van der Waals surface area contributed by atoms with Crippen molar-refractivity contribution in [3.63, 3.8) is 0 Å². The highest BCUT2D eigenvalue weighted by Gasteiger charge is 2.34. The third-order valence-corrected chi connectivity index (χ3v) is 4.36. The van der Waals surface area contributed by atoms with E-state index in [1.807, 2.05) is 0 Å². The van der Waals surface area contributed by atoms with E-state index in [0.717, 1.165) is 6.42 Å². The molecule has 6 nitrogen and oxygen atoms in total. The van der Waals surface area contributed by atoms with Crippen LogP contribution in [0.1, 0.15) is 28.4 Å². The molecule has 0 aromatic heterocycles. The van der Waals surface area contributed by atoms with E-state index in [2.05, 4.69) is 5.32 Å². The maximum absolute atomic E-state index is 13.6. The minimum absolute atomic E-state index is 0.285. The molecular weight excluding hydrogens is 349 g/mol. The predicted molar refractivity (Wildman–Crippen MR) is 98.8 cm³/mol. The van der Waals surface area contributed by atoms with Crippen molar-refractivity contribution in [2.75, 3.05) is 26.2 Å². The summed E-state index contributed by atoms with van der Waals surface area (Å²) in [5.74, 6) is -0.398. The predicted octanol–water partition coefficient (Wildman–Crippen LogP) is 1.87. The summed E-state index contributed by atoms with van der Waals surface area (Å²) in [5.41, 5.74) is 6.32. The van der Waals surface area contributed by atoms with Crippen LogP contribution in [0.15, 0.2) is 48.5 Å². The quantitative estimate of drug-likeness (QED) is 0.759. The average Bonchev–Trinajstić information content (AvgIpc) is 2.68. The van der Waals surface area contributed by atoms with Gasteiger partial charge in [0.15, 0.2) is 0 Å². The minimum Gasteiger partial charge on any atom is -0.494 e. The number of piperazine rings is 1. The second kappa shape index (κ2) is 8.64. The lowest BCUT2D eigenvalue weighted by Gasteiger charge is -2.35. The Bertz CT molecular complexity index is 810. The molecule has 2 aromatic carbocycles. The zero-order valence-electron chi connectivity index (χ0n) is 14.9. The van der Waals surface area contributed by atoms with Gasteiger partial charge in [0.1, 0.15) is 17.6 Å². The van der Waals surface area contributed by atoms with Crippen molar-refractivity contribution in [2.24, 2.45) is 5.73 Å². The molecule has 1 heterocycles. The lowest BCUT2D eigenvalue weighted by atomic mass is 10.0. The summed E-state index contributed by atoms with van der Waals surface area (Å²) in [4.78, 5) is 26.8. The van der Waals surface area contributed by atoms with Gasteiger partial charge in [-0.05, 0) is 54.9 Å². The Kier molecular flexibility index (Phi) is 6.03. The van der Waals surface area contributed by atoms with Crippen LogP contribution in [0, 0.1) is 5.82 Å². The number of nitrogens with one attached hydrogen (secondary N) is 1. The number of rotatable bonds is 6. The largest absolute Gasteiger partial charge is 0.494 e. The Morgan fingerprint density at radius 2 is 2.04 bits per heavy atom. The van der Waals surface area contributed by atoms with Crippen LogP contribution in [0.5, 0.6) is 5.75 Å². The average molecular weight is 371 g/mol. The Balaban J connectivity index is 1.80. The van der Waals surface area contributed by atoms with Gasteiger partial charge in [-0.1, -0.05) is 12.1 Å². The molecule has 3 rings (SSSR count). The van der Waals surface area contributed by atoms with Gasteiger partial charge in [-0.3, -0.25) is 9.59 Å². The molecule has 1 fully saturated rings. The maximum Gasteiger partial charge on any atom is 0.254 e. The standard InChI is InChI=1S/C20H22FN3O3/c21-16-4-1-3-15(13-16)18-19(25)23-10-11-24(18)20(26)14-5-7-17(8-6-14)27-12-2-9-22/h1,3-8,13,18H,2,9-12,22H2,(H,23,25). The van der Waals surface area contributed by atoms with Crippen LogP contribution >= 0.6 is 0 Å². The van der Waals surface area contributed by atoms with Crippen molar-refractivity contribution < 1.29 is 18.7 Å². The molecule has 1 atom stereocenters. The van der Waals surface area contributed by atoms with E-state index in [1.165, 1.54) is 23.1 Å². The van der Waals surface area contributed by atoms with Crippen molar-refractivity contribution in [3.05, 3.63) is 65.5 Å². The Labute approximate surface area is 157 Å². The Hall–Kier alpha value is -2.93. The number of carbonyl (C=O) groups is 2. The van der Waals surface area contributed by atoms with Crippen molar-refractivity contribution in [2.45, 2.75) is 12.5 Å². The van der Waals surface area contributed by atoms with Crippen molar-refractivity contribution >= 4 is 11.8 Å². The number of hydrogen-bond donors (Lipinski definition) is 2. The van der Waals surface area contributed by atoms with Gasteiger partial charge in [-0.25, -0.2) is 4.39 Å². The molecule has 27 heavy (non-hydrogen) atoms. The van der Waals surface area contributed by atoms with E-state index in [-0.39, 0.29) is 11.8 Å². The van der Waals surface area contributed by atoms with Gasteiger partial charge >= 0.3 is 0 Å².